The highest BCUT2D eigenvalue weighted by Crippen LogP contribution is 2.27. The summed E-state index contributed by atoms with van der Waals surface area (Å²) in [4.78, 5) is 149. The number of ether oxygens (including phenoxy) is 12. The number of carbonyl (C=O) groups excluding carboxylic acids is 12. The lowest BCUT2D eigenvalue weighted by Gasteiger charge is -2.29. The van der Waals surface area contributed by atoms with Crippen LogP contribution in [0.1, 0.15) is 117 Å². The van der Waals surface area contributed by atoms with Gasteiger partial charge in [-0.1, -0.05) is 84.9 Å². The predicted molar refractivity (Wildman–Crippen MR) is 291 cm³/mol. The number of nitrogens with zero attached hydrogens (tertiary/aromatic N) is 2. The zero-order valence-electron chi connectivity index (χ0n) is 47.2. The number of rotatable bonds is 28. The number of aliphatic hydroxyl groups is 2. The number of carbonyl (C=O) groups is 12. The third-order valence-electron chi connectivity index (χ3n) is 12.9. The Bertz CT molecular complexity index is 2950. The Hall–Kier alpha value is -9.32. The zero-order valence-corrected chi connectivity index (χ0v) is 47.2. The number of benzene rings is 4. The molecule has 0 unspecified atom stereocenters. The maximum Gasteiger partial charge on any atom is 0.308 e. The van der Waals surface area contributed by atoms with Gasteiger partial charge in [-0.3, -0.25) is 57.5 Å². The summed E-state index contributed by atoms with van der Waals surface area (Å²) in [5.74, 6) is -9.04. The monoisotopic (exact) mass is 1230 g/mol. The van der Waals surface area contributed by atoms with Gasteiger partial charge in [-0.05, 0) is 24.3 Å². The highest BCUT2D eigenvalue weighted by atomic mass is 16.7. The van der Waals surface area contributed by atoms with Crippen molar-refractivity contribution in [3.05, 3.63) is 143 Å². The first-order valence-corrected chi connectivity index (χ1v) is 27.6. The Morgan fingerprint density at radius 3 is 1.00 bits per heavy atom. The summed E-state index contributed by atoms with van der Waals surface area (Å²) < 4.78 is 63.6. The maximum absolute atomic E-state index is 12.8. The van der Waals surface area contributed by atoms with Gasteiger partial charge in [0.25, 0.3) is 23.6 Å². The Morgan fingerprint density at radius 1 is 0.386 bits per heavy atom. The van der Waals surface area contributed by atoms with Crippen molar-refractivity contribution in [1.82, 2.24) is 9.80 Å². The van der Waals surface area contributed by atoms with E-state index in [-0.39, 0.29) is 74.4 Å². The highest BCUT2D eigenvalue weighted by Gasteiger charge is 2.38. The van der Waals surface area contributed by atoms with Gasteiger partial charge in [0.1, 0.15) is 31.5 Å². The molecule has 2 saturated heterocycles. The van der Waals surface area contributed by atoms with Crippen LogP contribution in [-0.2, 0) is 95.2 Å². The van der Waals surface area contributed by atoms with Gasteiger partial charge in [-0.2, -0.15) is 0 Å². The number of imide groups is 2. The smallest absolute Gasteiger partial charge is 0.308 e. The van der Waals surface area contributed by atoms with Gasteiger partial charge in [-0.15, -0.1) is 0 Å². The van der Waals surface area contributed by atoms with Crippen LogP contribution in [0.3, 0.4) is 0 Å². The molecule has 88 heavy (non-hydrogen) atoms. The van der Waals surface area contributed by atoms with E-state index in [9.17, 15) is 57.5 Å². The quantitative estimate of drug-likeness (QED) is 0.0469. The van der Waals surface area contributed by atoms with Gasteiger partial charge < -0.3 is 67.1 Å². The van der Waals surface area contributed by atoms with E-state index in [2.05, 4.69) is 4.74 Å². The minimum Gasteiger partial charge on any atom is -0.462 e. The van der Waals surface area contributed by atoms with Gasteiger partial charge in [0.2, 0.25) is 0 Å². The number of hydrogen-bond donors (Lipinski definition) is 2. The van der Waals surface area contributed by atoms with Crippen molar-refractivity contribution in [2.45, 2.75) is 88.4 Å². The van der Waals surface area contributed by atoms with Crippen LogP contribution in [-0.4, -0.2) is 182 Å². The third-order valence-corrected chi connectivity index (χ3v) is 12.9. The van der Waals surface area contributed by atoms with Crippen LogP contribution >= 0.6 is 0 Å². The molecule has 28 nitrogen and oxygen atoms in total. The van der Waals surface area contributed by atoms with Crippen LogP contribution in [0, 0.1) is 0 Å². The molecule has 4 aliphatic rings. The Labute approximate surface area is 501 Å². The second kappa shape index (κ2) is 33.5. The molecule has 4 aromatic carbocycles. The molecular weight excluding hydrogens is 1160 g/mol. The van der Waals surface area contributed by atoms with Crippen LogP contribution in [0.5, 0.6) is 0 Å². The molecule has 0 aliphatic carbocycles. The lowest BCUT2D eigenvalue weighted by Crippen LogP contribution is -2.35. The average Bonchev–Trinajstić information content (AvgIpc) is 2.06. The van der Waals surface area contributed by atoms with Crippen molar-refractivity contribution in [2.24, 2.45) is 0 Å². The summed E-state index contributed by atoms with van der Waals surface area (Å²) in [6.45, 7) is -3.22. The van der Waals surface area contributed by atoms with E-state index in [0.29, 0.717) is 0 Å². The standard InChI is InChI=1S/C44H45NO18.C16H17NO8/c46-35(15-18-38(49)62-31-23-56-43(57-24-31)28-9-3-1-4-10-28)54-21-30(61-40(51)20-17-37(48)60-27-45-41(52)33-13-7-8-14-34(33)42(45)53)22-55-36(47)16-19-39(50)63-32-25-58-44(59-26-32)29-11-5-2-6-12-29;18-7-10(8-19)25-14(21)6-5-13(20)24-9-17-15(22)11-3-1-2-4-12(11)16(17)23/h1-14,30-32,43-44H,15-27H2;1-4,10,18-19H,5-9H2. The van der Waals surface area contributed by atoms with E-state index in [0.717, 1.165) is 20.9 Å². The van der Waals surface area contributed by atoms with Gasteiger partial charge >= 0.3 is 47.8 Å². The van der Waals surface area contributed by atoms with Gasteiger partial charge in [-0.25, -0.2) is 9.80 Å². The van der Waals surface area contributed by atoms with Crippen LogP contribution in [0.4, 0.5) is 0 Å². The molecule has 0 spiro atoms. The summed E-state index contributed by atoms with van der Waals surface area (Å²) in [6, 6.07) is 30.8. The number of hydrogen-bond acceptors (Lipinski definition) is 26. The second-order valence-corrected chi connectivity index (χ2v) is 19.5. The van der Waals surface area contributed by atoms with Crippen molar-refractivity contribution in [3.8, 4) is 0 Å². The average molecular weight is 1230 g/mol. The second-order valence-electron chi connectivity index (χ2n) is 19.5. The first kappa shape index (κ1) is 66.2. The van der Waals surface area contributed by atoms with Crippen LogP contribution in [0.15, 0.2) is 109 Å². The van der Waals surface area contributed by atoms with Crippen LogP contribution in [0.25, 0.3) is 0 Å². The molecule has 8 rings (SSSR count). The number of aliphatic hydroxyl groups excluding tert-OH is 2. The molecular formula is C60H62N2O26. The molecule has 0 radical (unpaired) electrons. The molecule has 4 aliphatic heterocycles. The summed E-state index contributed by atoms with van der Waals surface area (Å²) in [7, 11) is 0. The summed E-state index contributed by atoms with van der Waals surface area (Å²) in [5.41, 5.74) is 2.43. The van der Waals surface area contributed by atoms with Gasteiger partial charge in [0.15, 0.2) is 32.1 Å². The molecule has 28 heteroatoms. The molecule has 0 saturated carbocycles. The lowest BCUT2D eigenvalue weighted by molar-refractivity contribution is -0.229. The molecule has 0 bridgehead atoms. The molecule has 0 atom stereocenters. The van der Waals surface area contributed by atoms with Crippen molar-refractivity contribution in [1.29, 1.82) is 0 Å². The number of fused-ring (bicyclic) bond motifs is 2. The molecule has 0 aromatic heterocycles. The van der Waals surface area contributed by atoms with Crippen molar-refractivity contribution < 1.29 is 125 Å². The molecule has 468 valence electrons. The minimum atomic E-state index is -1.37. The molecule has 4 amide bonds. The third kappa shape index (κ3) is 19.9. The van der Waals surface area contributed by atoms with E-state index < -0.39 is 174 Å². The Balaban J connectivity index is 0.000000368. The van der Waals surface area contributed by atoms with Crippen molar-refractivity contribution >= 4 is 71.4 Å². The summed E-state index contributed by atoms with van der Waals surface area (Å²) in [6.07, 6.45) is -8.27. The van der Waals surface area contributed by atoms with Crippen molar-refractivity contribution in [2.75, 3.05) is 66.3 Å². The highest BCUT2D eigenvalue weighted by molar-refractivity contribution is 6.22. The Kier molecular flexibility index (Phi) is 25.2. The maximum atomic E-state index is 12.8. The normalized spacial score (nSPS) is 17.9. The largest absolute Gasteiger partial charge is 0.462 e. The fourth-order valence-corrected chi connectivity index (χ4v) is 8.40. The van der Waals surface area contributed by atoms with E-state index in [1.54, 1.807) is 24.3 Å². The van der Waals surface area contributed by atoms with Crippen LogP contribution in [0.2, 0.25) is 0 Å². The first-order valence-electron chi connectivity index (χ1n) is 27.6. The topological polar surface area (TPSA) is 363 Å². The fourth-order valence-electron chi connectivity index (χ4n) is 8.40. The minimum absolute atomic E-state index is 0.0764. The van der Waals surface area contributed by atoms with E-state index in [1.807, 2.05) is 60.7 Å². The summed E-state index contributed by atoms with van der Waals surface area (Å²) in [5, 5.41) is 17.6. The molecule has 2 fully saturated rings. The van der Waals surface area contributed by atoms with Gasteiger partial charge in [0.05, 0.1) is 113 Å². The fraction of sp³-hybridized carbons (Fsp3) is 0.400. The van der Waals surface area contributed by atoms with E-state index in [4.69, 9.17) is 62.3 Å². The predicted octanol–water partition coefficient (Wildman–Crippen LogP) is 2.90. The first-order chi connectivity index (χ1) is 42.5. The van der Waals surface area contributed by atoms with Crippen molar-refractivity contribution in [3.63, 3.8) is 0 Å². The number of esters is 8. The molecule has 4 heterocycles. The zero-order chi connectivity index (χ0) is 63.0. The van der Waals surface area contributed by atoms with Crippen LogP contribution < -0.4 is 0 Å². The SMILES string of the molecule is O=C(CCC(=O)OC(CO)CO)OCN1C(=O)c2ccccc2C1=O.O=C(CCC(=O)OC1COC(c2ccccc2)OC1)OCC(COC(=O)CCC(=O)OC1COC(c2ccccc2)OC1)OC(=O)CCC(=O)OCN1C(=O)c2ccccc2C1=O. The van der Waals surface area contributed by atoms with E-state index in [1.165, 1.54) is 24.3 Å². The lowest BCUT2D eigenvalue weighted by atomic mass is 10.1. The van der Waals surface area contributed by atoms with Gasteiger partial charge in [0, 0.05) is 11.1 Å². The molecule has 4 aromatic rings. The molecule has 2 N–H and O–H groups in total. The summed E-state index contributed by atoms with van der Waals surface area (Å²) >= 11 is 0. The Morgan fingerprint density at radius 2 is 0.670 bits per heavy atom. The number of amides is 4. The van der Waals surface area contributed by atoms with E-state index >= 15 is 0 Å².